The molecule has 2 rings (SSSR count). The van der Waals surface area contributed by atoms with Gasteiger partial charge >= 0.3 is 0 Å². The fourth-order valence-corrected chi connectivity index (χ4v) is 2.12. The van der Waals surface area contributed by atoms with Gasteiger partial charge in [-0.05, 0) is 42.8 Å². The Balaban J connectivity index is 2.13. The molecule has 0 heterocycles. The minimum absolute atomic E-state index is 0.115. The van der Waals surface area contributed by atoms with E-state index in [1.165, 1.54) is 18.2 Å². The van der Waals surface area contributed by atoms with Crippen molar-refractivity contribution in [2.24, 2.45) is 0 Å². The standard InChI is InChI=1S/C15H13Cl2FO2/c1-9(19)10-2-5-15(14(17)7-10)20-8-11-6-12(18)3-4-13(11)16/h2-7,9,19H,8H2,1H3/t9-/m1/s1. The summed E-state index contributed by atoms with van der Waals surface area (Å²) in [5.41, 5.74) is 1.24. The van der Waals surface area contributed by atoms with Gasteiger partial charge < -0.3 is 9.84 Å². The first-order valence-electron chi connectivity index (χ1n) is 6.01. The van der Waals surface area contributed by atoms with E-state index in [4.69, 9.17) is 27.9 Å². The summed E-state index contributed by atoms with van der Waals surface area (Å²) < 4.78 is 18.7. The van der Waals surface area contributed by atoms with Gasteiger partial charge in [-0.1, -0.05) is 29.3 Å². The molecule has 2 aromatic rings. The van der Waals surface area contributed by atoms with Crippen LogP contribution in [0.4, 0.5) is 4.39 Å². The van der Waals surface area contributed by atoms with E-state index in [0.717, 1.165) is 0 Å². The van der Waals surface area contributed by atoms with Crippen LogP contribution >= 0.6 is 23.2 Å². The van der Waals surface area contributed by atoms with Gasteiger partial charge in [0.1, 0.15) is 18.2 Å². The molecule has 0 saturated carbocycles. The second kappa shape index (κ2) is 6.44. The van der Waals surface area contributed by atoms with Crippen molar-refractivity contribution >= 4 is 23.2 Å². The monoisotopic (exact) mass is 314 g/mol. The van der Waals surface area contributed by atoms with E-state index in [9.17, 15) is 9.50 Å². The van der Waals surface area contributed by atoms with Crippen molar-refractivity contribution in [2.75, 3.05) is 0 Å². The van der Waals surface area contributed by atoms with E-state index in [-0.39, 0.29) is 12.4 Å². The Morgan fingerprint density at radius 1 is 1.15 bits per heavy atom. The highest BCUT2D eigenvalue weighted by Gasteiger charge is 2.08. The Bertz CT molecular complexity index is 615. The van der Waals surface area contributed by atoms with Crippen LogP contribution in [0.15, 0.2) is 36.4 Å². The maximum atomic E-state index is 13.1. The van der Waals surface area contributed by atoms with Gasteiger partial charge in [0.25, 0.3) is 0 Å². The number of aliphatic hydroxyl groups excluding tert-OH is 1. The van der Waals surface area contributed by atoms with Crippen LogP contribution in [0.25, 0.3) is 0 Å². The zero-order valence-corrected chi connectivity index (χ0v) is 12.2. The molecule has 0 aliphatic heterocycles. The molecule has 0 fully saturated rings. The molecular weight excluding hydrogens is 302 g/mol. The zero-order chi connectivity index (χ0) is 14.7. The lowest BCUT2D eigenvalue weighted by Gasteiger charge is -2.11. The highest BCUT2D eigenvalue weighted by Crippen LogP contribution is 2.29. The number of benzene rings is 2. The van der Waals surface area contributed by atoms with Gasteiger partial charge in [0.05, 0.1) is 11.1 Å². The van der Waals surface area contributed by atoms with E-state index in [1.807, 2.05) is 0 Å². The molecule has 0 aliphatic rings. The van der Waals surface area contributed by atoms with Crippen LogP contribution < -0.4 is 4.74 Å². The summed E-state index contributed by atoms with van der Waals surface area (Å²) in [6.45, 7) is 1.77. The molecule has 1 atom stereocenters. The molecule has 0 saturated heterocycles. The lowest BCUT2D eigenvalue weighted by atomic mass is 10.1. The number of hydrogen-bond donors (Lipinski definition) is 1. The molecule has 106 valence electrons. The van der Waals surface area contributed by atoms with Crippen molar-refractivity contribution < 1.29 is 14.2 Å². The Morgan fingerprint density at radius 3 is 2.55 bits per heavy atom. The third-order valence-electron chi connectivity index (χ3n) is 2.83. The van der Waals surface area contributed by atoms with Gasteiger partial charge in [0, 0.05) is 10.6 Å². The zero-order valence-electron chi connectivity index (χ0n) is 10.7. The average molecular weight is 315 g/mol. The molecule has 0 bridgehead atoms. The minimum atomic E-state index is -0.598. The topological polar surface area (TPSA) is 29.5 Å². The second-order valence-electron chi connectivity index (χ2n) is 4.39. The van der Waals surface area contributed by atoms with Crippen LogP contribution in [0.5, 0.6) is 5.75 Å². The summed E-state index contributed by atoms with van der Waals surface area (Å²) in [5.74, 6) is 0.0833. The van der Waals surface area contributed by atoms with Crippen LogP contribution in [-0.2, 0) is 6.61 Å². The minimum Gasteiger partial charge on any atom is -0.487 e. The predicted octanol–water partition coefficient (Wildman–Crippen LogP) is 4.76. The molecule has 2 nitrogen and oxygen atoms in total. The number of aliphatic hydroxyl groups is 1. The summed E-state index contributed by atoms with van der Waals surface area (Å²) in [7, 11) is 0. The normalized spacial score (nSPS) is 12.2. The molecule has 1 N–H and O–H groups in total. The Kier molecular flexibility index (Phi) is 4.86. The van der Waals surface area contributed by atoms with E-state index < -0.39 is 6.10 Å². The number of halogens is 3. The Hall–Kier alpha value is -1.29. The second-order valence-corrected chi connectivity index (χ2v) is 5.20. The molecule has 0 radical (unpaired) electrons. The van der Waals surface area contributed by atoms with E-state index in [1.54, 1.807) is 25.1 Å². The third-order valence-corrected chi connectivity index (χ3v) is 3.49. The molecule has 2 aromatic carbocycles. The van der Waals surface area contributed by atoms with E-state index in [0.29, 0.717) is 26.9 Å². The van der Waals surface area contributed by atoms with Crippen LogP contribution in [0.3, 0.4) is 0 Å². The largest absolute Gasteiger partial charge is 0.487 e. The van der Waals surface area contributed by atoms with Crippen LogP contribution in [0.2, 0.25) is 10.0 Å². The predicted molar refractivity (Wildman–Crippen MR) is 77.8 cm³/mol. The van der Waals surface area contributed by atoms with E-state index in [2.05, 4.69) is 0 Å². The quantitative estimate of drug-likeness (QED) is 0.881. The summed E-state index contributed by atoms with van der Waals surface area (Å²) in [5, 5.41) is 10.3. The highest BCUT2D eigenvalue weighted by atomic mass is 35.5. The summed E-state index contributed by atoms with van der Waals surface area (Å²) in [6, 6.07) is 9.11. The highest BCUT2D eigenvalue weighted by molar-refractivity contribution is 6.32. The maximum Gasteiger partial charge on any atom is 0.138 e. The van der Waals surface area contributed by atoms with Crippen molar-refractivity contribution in [2.45, 2.75) is 19.6 Å². The lowest BCUT2D eigenvalue weighted by Crippen LogP contribution is -1.99. The van der Waals surface area contributed by atoms with Crippen molar-refractivity contribution in [3.63, 3.8) is 0 Å². The molecule has 0 unspecified atom stereocenters. The fraction of sp³-hybridized carbons (Fsp3) is 0.200. The van der Waals surface area contributed by atoms with Crippen molar-refractivity contribution in [1.29, 1.82) is 0 Å². The number of hydrogen-bond acceptors (Lipinski definition) is 2. The molecule has 5 heteroatoms. The number of ether oxygens (including phenoxy) is 1. The van der Waals surface area contributed by atoms with Crippen molar-refractivity contribution in [1.82, 2.24) is 0 Å². The van der Waals surface area contributed by atoms with Crippen LogP contribution in [0, 0.1) is 5.82 Å². The molecule has 0 aliphatic carbocycles. The Labute approximate surface area is 126 Å². The van der Waals surface area contributed by atoms with Crippen molar-refractivity contribution in [3.05, 3.63) is 63.4 Å². The lowest BCUT2D eigenvalue weighted by molar-refractivity contribution is 0.199. The molecule has 0 aromatic heterocycles. The van der Waals surface area contributed by atoms with E-state index >= 15 is 0 Å². The van der Waals surface area contributed by atoms with Gasteiger partial charge in [-0.3, -0.25) is 0 Å². The first-order chi connectivity index (χ1) is 9.47. The average Bonchev–Trinajstić information content (AvgIpc) is 2.40. The molecule has 20 heavy (non-hydrogen) atoms. The van der Waals surface area contributed by atoms with Crippen LogP contribution in [0.1, 0.15) is 24.2 Å². The maximum absolute atomic E-state index is 13.1. The third kappa shape index (κ3) is 3.63. The number of rotatable bonds is 4. The van der Waals surface area contributed by atoms with Gasteiger partial charge in [-0.15, -0.1) is 0 Å². The smallest absolute Gasteiger partial charge is 0.138 e. The van der Waals surface area contributed by atoms with Crippen molar-refractivity contribution in [3.8, 4) is 5.75 Å². The molecule has 0 amide bonds. The Morgan fingerprint density at radius 2 is 1.90 bits per heavy atom. The fourth-order valence-electron chi connectivity index (χ4n) is 1.70. The molecule has 0 spiro atoms. The molecular formula is C15H13Cl2FO2. The van der Waals surface area contributed by atoms with Gasteiger partial charge in [-0.2, -0.15) is 0 Å². The van der Waals surface area contributed by atoms with Gasteiger partial charge in [0.15, 0.2) is 0 Å². The van der Waals surface area contributed by atoms with Gasteiger partial charge in [0.2, 0.25) is 0 Å². The summed E-state index contributed by atoms with van der Waals surface area (Å²) >= 11 is 12.0. The summed E-state index contributed by atoms with van der Waals surface area (Å²) in [6.07, 6.45) is -0.598. The SMILES string of the molecule is C[C@@H](O)c1ccc(OCc2cc(F)ccc2Cl)c(Cl)c1. The van der Waals surface area contributed by atoms with Crippen LogP contribution in [-0.4, -0.2) is 5.11 Å². The van der Waals surface area contributed by atoms with Gasteiger partial charge in [-0.25, -0.2) is 4.39 Å². The summed E-state index contributed by atoms with van der Waals surface area (Å²) in [4.78, 5) is 0. The first kappa shape index (κ1) is 15.1. The first-order valence-corrected chi connectivity index (χ1v) is 6.77.